The van der Waals surface area contributed by atoms with Crippen LogP contribution >= 0.6 is 0 Å². The largest absolute Gasteiger partial charge is 0.479 e. The maximum atomic E-state index is 13.4. The smallest absolute Gasteiger partial charge is 0.329 e. The van der Waals surface area contributed by atoms with Crippen LogP contribution in [-0.4, -0.2) is 49.2 Å². The maximum absolute atomic E-state index is 13.4. The quantitative estimate of drug-likeness (QED) is 0.867. The predicted molar refractivity (Wildman–Crippen MR) is 103 cm³/mol. The van der Waals surface area contributed by atoms with Crippen LogP contribution in [0.1, 0.15) is 74.5 Å². The molecule has 7 heteroatoms. The highest BCUT2D eigenvalue weighted by atomic mass is 16.4. The van der Waals surface area contributed by atoms with Crippen LogP contribution in [0.4, 0.5) is 0 Å². The zero-order valence-electron chi connectivity index (χ0n) is 16.5. The number of amides is 1. The van der Waals surface area contributed by atoms with Crippen molar-refractivity contribution in [1.29, 1.82) is 0 Å². The van der Waals surface area contributed by atoms with E-state index >= 15 is 0 Å². The molecule has 1 amide bonds. The van der Waals surface area contributed by atoms with Gasteiger partial charge in [-0.3, -0.25) is 4.79 Å². The van der Waals surface area contributed by atoms with E-state index in [9.17, 15) is 14.7 Å². The SMILES string of the molecule is CCC(C)n1ncc2c(C(=O)N(C)C3(C(=O)O)CCCCC3)cc(C)nc21. The number of likely N-dealkylation sites (N-methyl/N-ethyl adjacent to an activating group) is 1. The number of fused-ring (bicyclic) bond motifs is 1. The van der Waals surface area contributed by atoms with Gasteiger partial charge in [-0.15, -0.1) is 0 Å². The summed E-state index contributed by atoms with van der Waals surface area (Å²) in [5.74, 6) is -1.20. The molecule has 1 atom stereocenters. The highest BCUT2D eigenvalue weighted by molar-refractivity contribution is 6.07. The molecule has 1 saturated carbocycles. The molecule has 1 N–H and O–H groups in total. The molecule has 27 heavy (non-hydrogen) atoms. The minimum absolute atomic E-state index is 0.168. The fourth-order valence-electron chi connectivity index (χ4n) is 4.02. The standard InChI is InChI=1S/C20H28N4O3/c1-5-14(3)24-17-16(12-21-24)15(11-13(2)22-17)18(25)23(4)20(19(26)27)9-7-6-8-10-20/h11-12,14H,5-10H2,1-4H3,(H,26,27). The number of aryl methyl sites for hydroxylation is 1. The number of carboxylic acid groups (broad SMARTS) is 1. The second-order valence-electron chi connectivity index (χ2n) is 7.66. The van der Waals surface area contributed by atoms with Gasteiger partial charge in [0.1, 0.15) is 5.54 Å². The lowest BCUT2D eigenvalue weighted by Gasteiger charge is -2.41. The van der Waals surface area contributed by atoms with Gasteiger partial charge in [-0.05, 0) is 39.2 Å². The van der Waals surface area contributed by atoms with Crippen LogP contribution in [0, 0.1) is 6.92 Å². The minimum atomic E-state index is -1.13. The molecule has 0 aromatic carbocycles. The Balaban J connectivity index is 2.07. The van der Waals surface area contributed by atoms with Crippen molar-refractivity contribution in [1.82, 2.24) is 19.7 Å². The predicted octanol–water partition coefficient (Wildman–Crippen LogP) is 3.57. The zero-order chi connectivity index (χ0) is 19.8. The van der Waals surface area contributed by atoms with Crippen LogP contribution in [0.5, 0.6) is 0 Å². The van der Waals surface area contributed by atoms with Crippen molar-refractivity contribution in [2.75, 3.05) is 7.05 Å². The minimum Gasteiger partial charge on any atom is -0.479 e. The summed E-state index contributed by atoms with van der Waals surface area (Å²) >= 11 is 0. The van der Waals surface area contributed by atoms with Crippen LogP contribution in [0.25, 0.3) is 11.0 Å². The van der Waals surface area contributed by atoms with Gasteiger partial charge in [-0.2, -0.15) is 5.10 Å². The summed E-state index contributed by atoms with van der Waals surface area (Å²) < 4.78 is 1.84. The van der Waals surface area contributed by atoms with Gasteiger partial charge >= 0.3 is 5.97 Å². The van der Waals surface area contributed by atoms with Crippen LogP contribution in [0.3, 0.4) is 0 Å². The summed E-state index contributed by atoms with van der Waals surface area (Å²) in [7, 11) is 1.61. The van der Waals surface area contributed by atoms with Gasteiger partial charge in [0.05, 0.1) is 23.2 Å². The van der Waals surface area contributed by atoms with E-state index in [0.717, 1.165) is 31.4 Å². The fourth-order valence-corrected chi connectivity index (χ4v) is 4.02. The van der Waals surface area contributed by atoms with Crippen LogP contribution in [-0.2, 0) is 4.79 Å². The number of rotatable bonds is 5. The normalized spacial score (nSPS) is 17.6. The number of carbonyl (C=O) groups is 2. The topological polar surface area (TPSA) is 88.3 Å². The molecular weight excluding hydrogens is 344 g/mol. The lowest BCUT2D eigenvalue weighted by molar-refractivity contribution is -0.151. The van der Waals surface area contributed by atoms with Gasteiger partial charge in [0, 0.05) is 12.7 Å². The molecule has 0 saturated heterocycles. The van der Waals surface area contributed by atoms with Gasteiger partial charge < -0.3 is 10.0 Å². The van der Waals surface area contributed by atoms with Crippen molar-refractivity contribution < 1.29 is 14.7 Å². The Hall–Kier alpha value is -2.44. The average molecular weight is 372 g/mol. The van der Waals surface area contributed by atoms with Gasteiger partial charge in [0.25, 0.3) is 5.91 Å². The van der Waals surface area contributed by atoms with Gasteiger partial charge in [-0.25, -0.2) is 14.5 Å². The second-order valence-corrected chi connectivity index (χ2v) is 7.66. The first kappa shape index (κ1) is 19.3. The molecule has 1 aliphatic carbocycles. The van der Waals surface area contributed by atoms with Crippen molar-refractivity contribution in [2.45, 2.75) is 70.9 Å². The lowest BCUT2D eigenvalue weighted by atomic mass is 9.80. The Morgan fingerprint density at radius 2 is 2.00 bits per heavy atom. The molecule has 0 aliphatic heterocycles. The van der Waals surface area contributed by atoms with E-state index in [4.69, 9.17) is 0 Å². The molecule has 2 aromatic rings. The number of hydrogen-bond acceptors (Lipinski definition) is 4. The molecule has 2 aromatic heterocycles. The molecule has 2 heterocycles. The number of carboxylic acids is 1. The van der Waals surface area contributed by atoms with Gasteiger partial charge in [0.2, 0.25) is 0 Å². The van der Waals surface area contributed by atoms with Crippen molar-refractivity contribution in [3.05, 3.63) is 23.5 Å². The van der Waals surface area contributed by atoms with Crippen molar-refractivity contribution >= 4 is 22.9 Å². The molecule has 1 unspecified atom stereocenters. The fraction of sp³-hybridized carbons (Fsp3) is 0.600. The average Bonchev–Trinajstić information content (AvgIpc) is 3.09. The molecule has 1 fully saturated rings. The zero-order valence-corrected chi connectivity index (χ0v) is 16.5. The highest BCUT2D eigenvalue weighted by Gasteiger charge is 2.46. The molecule has 0 spiro atoms. The third kappa shape index (κ3) is 3.19. The summed E-state index contributed by atoms with van der Waals surface area (Å²) in [5, 5.41) is 15.0. The molecule has 7 nitrogen and oxygen atoms in total. The molecular formula is C20H28N4O3. The number of nitrogens with zero attached hydrogens (tertiary/aromatic N) is 4. The number of aliphatic carboxylic acids is 1. The van der Waals surface area contributed by atoms with E-state index in [0.29, 0.717) is 29.4 Å². The van der Waals surface area contributed by atoms with Crippen LogP contribution in [0.15, 0.2) is 12.3 Å². The van der Waals surface area contributed by atoms with Crippen molar-refractivity contribution in [3.8, 4) is 0 Å². The van der Waals surface area contributed by atoms with Crippen molar-refractivity contribution in [2.24, 2.45) is 0 Å². The first-order chi connectivity index (χ1) is 12.8. The lowest BCUT2D eigenvalue weighted by Crippen LogP contribution is -2.56. The molecule has 1 aliphatic rings. The van der Waals surface area contributed by atoms with E-state index in [1.54, 1.807) is 19.3 Å². The van der Waals surface area contributed by atoms with Gasteiger partial charge in [-0.1, -0.05) is 26.2 Å². The molecule has 3 rings (SSSR count). The number of carbonyl (C=O) groups excluding carboxylic acids is 1. The maximum Gasteiger partial charge on any atom is 0.329 e. The monoisotopic (exact) mass is 372 g/mol. The first-order valence-electron chi connectivity index (χ1n) is 9.68. The third-order valence-electron chi connectivity index (χ3n) is 5.96. The summed E-state index contributed by atoms with van der Waals surface area (Å²) in [6, 6.07) is 1.91. The summed E-state index contributed by atoms with van der Waals surface area (Å²) in [4.78, 5) is 31.5. The second kappa shape index (κ2) is 7.29. The Morgan fingerprint density at radius 3 is 2.59 bits per heavy atom. The Labute approximate surface area is 159 Å². The van der Waals surface area contributed by atoms with E-state index in [1.165, 1.54) is 4.90 Å². The van der Waals surface area contributed by atoms with Gasteiger partial charge in [0.15, 0.2) is 5.65 Å². The first-order valence-corrected chi connectivity index (χ1v) is 9.68. The Bertz CT molecular complexity index is 867. The van der Waals surface area contributed by atoms with Crippen LogP contribution < -0.4 is 0 Å². The van der Waals surface area contributed by atoms with E-state index in [-0.39, 0.29) is 11.9 Å². The van der Waals surface area contributed by atoms with E-state index in [2.05, 4.69) is 23.9 Å². The summed E-state index contributed by atoms with van der Waals surface area (Å²) in [5.41, 5.74) is 0.734. The van der Waals surface area contributed by atoms with E-state index < -0.39 is 11.5 Å². The molecule has 0 radical (unpaired) electrons. The number of pyridine rings is 1. The molecule has 0 bridgehead atoms. The van der Waals surface area contributed by atoms with Crippen molar-refractivity contribution in [3.63, 3.8) is 0 Å². The van der Waals surface area contributed by atoms with E-state index in [1.807, 2.05) is 11.6 Å². The summed E-state index contributed by atoms with van der Waals surface area (Å²) in [6.45, 7) is 5.98. The summed E-state index contributed by atoms with van der Waals surface area (Å²) in [6.07, 6.45) is 6.20. The third-order valence-corrected chi connectivity index (χ3v) is 5.96. The highest BCUT2D eigenvalue weighted by Crippen LogP contribution is 2.35. The number of hydrogen-bond donors (Lipinski definition) is 1. The van der Waals surface area contributed by atoms with Crippen LogP contribution in [0.2, 0.25) is 0 Å². The Morgan fingerprint density at radius 1 is 1.33 bits per heavy atom. The number of aromatic nitrogens is 3. The molecule has 146 valence electrons. The Kier molecular flexibility index (Phi) is 5.22.